The number of carbonyl (C=O) groups excluding carboxylic acids is 1. The summed E-state index contributed by atoms with van der Waals surface area (Å²) in [5, 5.41) is 0.979. The molecule has 0 atom stereocenters. The fraction of sp³-hybridized carbons (Fsp3) is 0.286. The summed E-state index contributed by atoms with van der Waals surface area (Å²) in [6.07, 6.45) is 0.686. The lowest BCUT2D eigenvalue weighted by atomic mass is 10.1. The average Bonchev–Trinajstić information content (AvgIpc) is 2.40. The van der Waals surface area contributed by atoms with Gasteiger partial charge in [0.25, 0.3) is 0 Å². The summed E-state index contributed by atoms with van der Waals surface area (Å²) in [5.41, 5.74) is 1.03. The van der Waals surface area contributed by atoms with Crippen LogP contribution >= 0.6 is 11.6 Å². The van der Waals surface area contributed by atoms with Crippen LogP contribution in [-0.4, -0.2) is 24.5 Å². The Balaban J connectivity index is 2.62. The van der Waals surface area contributed by atoms with E-state index in [2.05, 4.69) is 4.98 Å². The molecule has 1 aromatic heterocycles. The van der Waals surface area contributed by atoms with Crippen LogP contribution in [0.2, 0.25) is 5.15 Å². The standard InChI is InChI=1S/C14H14ClNO3/c1-3-18-12-6-9-5-10(8-17)14(15)16-11(9)7-13(12)19-4-2/h5-8H,3-4H2,1-2H3. The van der Waals surface area contributed by atoms with Gasteiger partial charge in [-0.25, -0.2) is 4.98 Å². The molecular weight excluding hydrogens is 266 g/mol. The predicted molar refractivity (Wildman–Crippen MR) is 74.5 cm³/mol. The van der Waals surface area contributed by atoms with E-state index in [-0.39, 0.29) is 5.15 Å². The topological polar surface area (TPSA) is 48.4 Å². The Morgan fingerprint density at radius 1 is 1.16 bits per heavy atom. The number of halogens is 1. The first-order chi connectivity index (χ1) is 9.19. The van der Waals surface area contributed by atoms with Crippen molar-refractivity contribution in [2.75, 3.05) is 13.2 Å². The van der Waals surface area contributed by atoms with Crippen LogP contribution in [0, 0.1) is 0 Å². The number of aromatic nitrogens is 1. The Morgan fingerprint density at radius 3 is 2.37 bits per heavy atom. The number of carbonyl (C=O) groups is 1. The van der Waals surface area contributed by atoms with Crippen molar-refractivity contribution in [3.8, 4) is 11.5 Å². The molecular formula is C14H14ClNO3. The summed E-state index contributed by atoms with van der Waals surface area (Å²) < 4.78 is 11.0. The Hall–Kier alpha value is -1.81. The molecule has 0 aliphatic heterocycles. The number of hydrogen-bond donors (Lipinski definition) is 0. The van der Waals surface area contributed by atoms with Gasteiger partial charge in [0, 0.05) is 11.5 Å². The highest BCUT2D eigenvalue weighted by molar-refractivity contribution is 6.32. The van der Waals surface area contributed by atoms with Gasteiger partial charge in [-0.05, 0) is 26.0 Å². The Labute approximate surface area is 116 Å². The van der Waals surface area contributed by atoms with Crippen LogP contribution in [-0.2, 0) is 0 Å². The molecule has 0 saturated carbocycles. The minimum atomic E-state index is 0.189. The lowest BCUT2D eigenvalue weighted by molar-refractivity contribution is 0.112. The molecule has 5 heteroatoms. The van der Waals surface area contributed by atoms with Gasteiger partial charge in [-0.3, -0.25) is 4.79 Å². The summed E-state index contributed by atoms with van der Waals surface area (Å²) in [6.45, 7) is 4.87. The number of hydrogen-bond acceptors (Lipinski definition) is 4. The fourth-order valence-electron chi connectivity index (χ4n) is 1.79. The molecule has 0 unspecified atom stereocenters. The van der Waals surface area contributed by atoms with Crippen molar-refractivity contribution in [3.05, 3.63) is 28.9 Å². The van der Waals surface area contributed by atoms with Gasteiger partial charge >= 0.3 is 0 Å². The van der Waals surface area contributed by atoms with Crippen LogP contribution in [0.1, 0.15) is 24.2 Å². The maximum absolute atomic E-state index is 10.9. The van der Waals surface area contributed by atoms with Crippen molar-refractivity contribution >= 4 is 28.8 Å². The summed E-state index contributed by atoms with van der Waals surface area (Å²) in [4.78, 5) is 15.1. The minimum absolute atomic E-state index is 0.189. The predicted octanol–water partition coefficient (Wildman–Crippen LogP) is 3.50. The second-order valence-electron chi connectivity index (χ2n) is 3.84. The van der Waals surface area contributed by atoms with Crippen LogP contribution in [0.4, 0.5) is 0 Å². The van der Waals surface area contributed by atoms with E-state index < -0.39 is 0 Å². The van der Waals surface area contributed by atoms with Crippen molar-refractivity contribution in [2.24, 2.45) is 0 Å². The first kappa shape index (κ1) is 13.6. The third-order valence-electron chi connectivity index (χ3n) is 2.59. The van der Waals surface area contributed by atoms with Gasteiger partial charge < -0.3 is 9.47 Å². The maximum atomic E-state index is 10.9. The molecule has 0 fully saturated rings. The average molecular weight is 280 g/mol. The second kappa shape index (κ2) is 5.89. The van der Waals surface area contributed by atoms with Crippen molar-refractivity contribution < 1.29 is 14.3 Å². The third kappa shape index (κ3) is 2.79. The lowest BCUT2D eigenvalue weighted by Gasteiger charge is -2.12. The summed E-state index contributed by atoms with van der Waals surface area (Å²) >= 11 is 5.92. The van der Waals surface area contributed by atoms with E-state index in [1.165, 1.54) is 0 Å². The minimum Gasteiger partial charge on any atom is -0.490 e. The molecule has 4 nitrogen and oxygen atoms in total. The highest BCUT2D eigenvalue weighted by Crippen LogP contribution is 2.33. The quantitative estimate of drug-likeness (QED) is 0.621. The van der Waals surface area contributed by atoms with Gasteiger partial charge in [0.1, 0.15) is 5.15 Å². The third-order valence-corrected chi connectivity index (χ3v) is 2.89. The largest absolute Gasteiger partial charge is 0.490 e. The molecule has 0 radical (unpaired) electrons. The Morgan fingerprint density at radius 2 is 1.79 bits per heavy atom. The number of nitrogens with zero attached hydrogens (tertiary/aromatic N) is 1. The maximum Gasteiger partial charge on any atom is 0.163 e. The van der Waals surface area contributed by atoms with E-state index in [1.54, 1.807) is 18.2 Å². The van der Waals surface area contributed by atoms with Gasteiger partial charge in [0.2, 0.25) is 0 Å². The SMILES string of the molecule is CCOc1cc2cc(C=O)c(Cl)nc2cc1OCC. The van der Waals surface area contributed by atoms with Crippen LogP contribution in [0.3, 0.4) is 0 Å². The molecule has 19 heavy (non-hydrogen) atoms. The van der Waals surface area contributed by atoms with Gasteiger partial charge in [0.05, 0.1) is 24.3 Å². The Kier molecular flexibility index (Phi) is 4.22. The molecule has 0 spiro atoms. The number of fused-ring (bicyclic) bond motifs is 1. The van der Waals surface area contributed by atoms with Crippen LogP contribution in [0.5, 0.6) is 11.5 Å². The molecule has 1 heterocycles. The fourth-order valence-corrected chi connectivity index (χ4v) is 1.98. The molecule has 0 bridgehead atoms. The molecule has 0 aliphatic carbocycles. The van der Waals surface area contributed by atoms with Crippen molar-refractivity contribution in [2.45, 2.75) is 13.8 Å². The molecule has 0 amide bonds. The number of rotatable bonds is 5. The molecule has 0 N–H and O–H groups in total. The van der Waals surface area contributed by atoms with E-state index >= 15 is 0 Å². The normalized spacial score (nSPS) is 10.5. The summed E-state index contributed by atoms with van der Waals surface area (Å²) in [7, 11) is 0. The zero-order valence-corrected chi connectivity index (χ0v) is 11.5. The highest BCUT2D eigenvalue weighted by Gasteiger charge is 2.10. The van der Waals surface area contributed by atoms with E-state index in [0.29, 0.717) is 42.1 Å². The Bertz CT molecular complexity index is 613. The number of pyridine rings is 1. The van der Waals surface area contributed by atoms with E-state index in [9.17, 15) is 4.79 Å². The molecule has 2 rings (SSSR count). The van der Waals surface area contributed by atoms with Gasteiger partial charge in [-0.15, -0.1) is 0 Å². The number of aldehydes is 1. The smallest absolute Gasteiger partial charge is 0.163 e. The van der Waals surface area contributed by atoms with Gasteiger partial charge in [0.15, 0.2) is 17.8 Å². The highest BCUT2D eigenvalue weighted by atomic mass is 35.5. The molecule has 0 saturated heterocycles. The number of ether oxygens (including phenoxy) is 2. The van der Waals surface area contributed by atoms with Crippen LogP contribution in [0.15, 0.2) is 18.2 Å². The van der Waals surface area contributed by atoms with Gasteiger partial charge in [-0.2, -0.15) is 0 Å². The first-order valence-corrected chi connectivity index (χ1v) is 6.42. The zero-order valence-electron chi connectivity index (χ0n) is 10.8. The molecule has 100 valence electrons. The summed E-state index contributed by atoms with van der Waals surface area (Å²) in [6, 6.07) is 5.26. The monoisotopic (exact) mass is 279 g/mol. The van der Waals surface area contributed by atoms with Gasteiger partial charge in [-0.1, -0.05) is 11.6 Å². The van der Waals surface area contributed by atoms with Crippen molar-refractivity contribution in [1.82, 2.24) is 4.98 Å². The molecule has 2 aromatic rings. The van der Waals surface area contributed by atoms with Crippen LogP contribution < -0.4 is 9.47 Å². The zero-order chi connectivity index (χ0) is 13.8. The van der Waals surface area contributed by atoms with Crippen molar-refractivity contribution in [1.29, 1.82) is 0 Å². The molecule has 1 aromatic carbocycles. The van der Waals surface area contributed by atoms with E-state index in [0.717, 1.165) is 5.39 Å². The number of benzene rings is 1. The summed E-state index contributed by atoms with van der Waals surface area (Å²) in [5.74, 6) is 1.26. The molecule has 0 aliphatic rings. The second-order valence-corrected chi connectivity index (χ2v) is 4.20. The van der Waals surface area contributed by atoms with Crippen LogP contribution in [0.25, 0.3) is 10.9 Å². The van der Waals surface area contributed by atoms with E-state index in [1.807, 2.05) is 13.8 Å². The lowest BCUT2D eigenvalue weighted by Crippen LogP contribution is -1.99. The van der Waals surface area contributed by atoms with E-state index in [4.69, 9.17) is 21.1 Å². The van der Waals surface area contributed by atoms with Crippen molar-refractivity contribution in [3.63, 3.8) is 0 Å². The first-order valence-electron chi connectivity index (χ1n) is 6.04.